The Morgan fingerprint density at radius 1 is 1.36 bits per heavy atom. The van der Waals surface area contributed by atoms with Crippen molar-refractivity contribution in [3.63, 3.8) is 0 Å². The van der Waals surface area contributed by atoms with Gasteiger partial charge in [0.2, 0.25) is 5.91 Å². The zero-order chi connectivity index (χ0) is 18.4. The Bertz CT molecular complexity index is 736. The third-order valence-corrected chi connectivity index (χ3v) is 4.18. The van der Waals surface area contributed by atoms with Crippen LogP contribution in [0.25, 0.3) is 10.9 Å². The Labute approximate surface area is 148 Å². The van der Waals surface area contributed by atoms with Crippen molar-refractivity contribution >= 4 is 22.8 Å². The van der Waals surface area contributed by atoms with Gasteiger partial charge < -0.3 is 21.7 Å². The summed E-state index contributed by atoms with van der Waals surface area (Å²) in [6.45, 7) is 1.46. The average Bonchev–Trinajstić information content (AvgIpc) is 2.94. The molecule has 0 aliphatic heterocycles. The fraction of sp³-hybridized carbons (Fsp3) is 0.444. The van der Waals surface area contributed by atoms with E-state index in [0.29, 0.717) is 19.4 Å². The Balaban J connectivity index is 2.13. The van der Waals surface area contributed by atoms with Crippen LogP contribution in [0.15, 0.2) is 30.5 Å². The minimum Gasteiger partial charge on any atom is -0.370 e. The molecule has 1 atom stereocenters. The van der Waals surface area contributed by atoms with E-state index in [1.165, 1.54) is 0 Å². The number of nitrogens with two attached hydrogens (primary N) is 2. The van der Waals surface area contributed by atoms with E-state index in [2.05, 4.69) is 10.2 Å². The summed E-state index contributed by atoms with van der Waals surface area (Å²) in [5.74, 6) is -0.169. The molecule has 0 bridgehead atoms. The highest BCUT2D eigenvalue weighted by atomic mass is 16.2. The number of guanidine groups is 1. The van der Waals surface area contributed by atoms with Crippen LogP contribution in [-0.2, 0) is 6.42 Å². The molecule has 0 aliphatic carbocycles. The van der Waals surface area contributed by atoms with Crippen molar-refractivity contribution in [2.24, 2.45) is 11.5 Å². The molecule has 7 nitrogen and oxygen atoms in total. The van der Waals surface area contributed by atoms with E-state index in [0.717, 1.165) is 29.4 Å². The lowest BCUT2D eigenvalue weighted by Gasteiger charge is -2.12. The van der Waals surface area contributed by atoms with Gasteiger partial charge in [-0.25, -0.2) is 0 Å². The van der Waals surface area contributed by atoms with Crippen molar-refractivity contribution < 1.29 is 4.79 Å². The maximum Gasteiger partial charge on any atom is 0.247 e. The van der Waals surface area contributed by atoms with Crippen LogP contribution < -0.4 is 16.8 Å². The molecule has 0 saturated carbocycles. The van der Waals surface area contributed by atoms with Gasteiger partial charge in [-0.2, -0.15) is 0 Å². The summed E-state index contributed by atoms with van der Waals surface area (Å²) < 4.78 is 1.68. The SMILES string of the molecule is CN(C)CCc1cn(C(=O)C(N)CCCNC(=N)N)c2ccccc12. The predicted molar refractivity (Wildman–Crippen MR) is 102 cm³/mol. The predicted octanol–water partition coefficient (Wildman–Crippen LogP) is 0.976. The molecule has 0 saturated heterocycles. The minimum absolute atomic E-state index is 0.0677. The number of nitrogens with one attached hydrogen (secondary N) is 2. The molecule has 1 aromatic carbocycles. The Morgan fingerprint density at radius 3 is 2.76 bits per heavy atom. The molecule has 25 heavy (non-hydrogen) atoms. The first kappa shape index (κ1) is 19.0. The molecular formula is C18H28N6O. The summed E-state index contributed by atoms with van der Waals surface area (Å²) in [4.78, 5) is 14.9. The second-order valence-corrected chi connectivity index (χ2v) is 6.52. The van der Waals surface area contributed by atoms with Gasteiger partial charge in [-0.1, -0.05) is 18.2 Å². The number of rotatable bonds is 8. The van der Waals surface area contributed by atoms with Crippen LogP contribution in [0.3, 0.4) is 0 Å². The summed E-state index contributed by atoms with van der Waals surface area (Å²) in [7, 11) is 4.07. The molecule has 136 valence electrons. The molecule has 1 unspecified atom stereocenters. The number of hydrogen-bond donors (Lipinski definition) is 4. The number of likely N-dealkylation sites (N-methyl/N-ethyl adjacent to an activating group) is 1. The highest BCUT2D eigenvalue weighted by molar-refractivity contribution is 5.96. The van der Waals surface area contributed by atoms with Crippen molar-refractivity contribution in [2.75, 3.05) is 27.2 Å². The maximum atomic E-state index is 12.8. The Morgan fingerprint density at radius 2 is 2.08 bits per heavy atom. The van der Waals surface area contributed by atoms with Gasteiger partial charge in [0, 0.05) is 24.7 Å². The molecule has 1 aromatic heterocycles. The highest BCUT2D eigenvalue weighted by Crippen LogP contribution is 2.22. The van der Waals surface area contributed by atoms with Crippen molar-refractivity contribution in [1.29, 1.82) is 5.41 Å². The summed E-state index contributed by atoms with van der Waals surface area (Å²) >= 11 is 0. The zero-order valence-corrected chi connectivity index (χ0v) is 15.0. The van der Waals surface area contributed by atoms with Crippen LogP contribution in [0.4, 0.5) is 0 Å². The van der Waals surface area contributed by atoms with Gasteiger partial charge in [0.05, 0.1) is 11.6 Å². The fourth-order valence-corrected chi connectivity index (χ4v) is 2.82. The molecule has 0 spiro atoms. The third kappa shape index (κ3) is 5.04. The first-order valence-electron chi connectivity index (χ1n) is 8.51. The number of fused-ring (bicyclic) bond motifs is 1. The number of hydrogen-bond acceptors (Lipinski definition) is 4. The highest BCUT2D eigenvalue weighted by Gasteiger charge is 2.19. The Kier molecular flexibility index (Phi) is 6.55. The van der Waals surface area contributed by atoms with Gasteiger partial charge >= 0.3 is 0 Å². The molecule has 0 radical (unpaired) electrons. The summed E-state index contributed by atoms with van der Waals surface area (Å²) in [6.07, 6.45) is 4.02. The van der Waals surface area contributed by atoms with Crippen LogP contribution in [0, 0.1) is 5.41 Å². The molecular weight excluding hydrogens is 316 g/mol. The van der Waals surface area contributed by atoms with E-state index in [-0.39, 0.29) is 11.9 Å². The van der Waals surface area contributed by atoms with Crippen molar-refractivity contribution in [2.45, 2.75) is 25.3 Å². The number of carbonyl (C=O) groups is 1. The van der Waals surface area contributed by atoms with Gasteiger partial charge in [0.15, 0.2) is 5.96 Å². The van der Waals surface area contributed by atoms with Crippen LogP contribution in [0.1, 0.15) is 23.2 Å². The van der Waals surface area contributed by atoms with Crippen LogP contribution in [-0.4, -0.2) is 54.6 Å². The summed E-state index contributed by atoms with van der Waals surface area (Å²) in [5.41, 5.74) is 13.4. The van der Waals surface area contributed by atoms with E-state index in [9.17, 15) is 4.79 Å². The molecule has 1 heterocycles. The number of aromatic nitrogens is 1. The van der Waals surface area contributed by atoms with E-state index in [4.69, 9.17) is 16.9 Å². The minimum atomic E-state index is -0.578. The molecule has 0 aliphatic rings. The number of para-hydroxylation sites is 1. The third-order valence-electron chi connectivity index (χ3n) is 4.18. The summed E-state index contributed by atoms with van der Waals surface area (Å²) in [5, 5.41) is 10.9. The molecule has 7 heteroatoms. The van der Waals surface area contributed by atoms with Crippen molar-refractivity contribution in [3.05, 3.63) is 36.0 Å². The molecule has 6 N–H and O–H groups in total. The normalized spacial score (nSPS) is 12.5. The fourth-order valence-electron chi connectivity index (χ4n) is 2.82. The first-order chi connectivity index (χ1) is 11.9. The average molecular weight is 344 g/mol. The maximum absolute atomic E-state index is 12.8. The zero-order valence-electron chi connectivity index (χ0n) is 15.0. The smallest absolute Gasteiger partial charge is 0.247 e. The molecule has 0 amide bonds. The van der Waals surface area contributed by atoms with Crippen LogP contribution in [0.5, 0.6) is 0 Å². The lowest BCUT2D eigenvalue weighted by Crippen LogP contribution is -2.36. The van der Waals surface area contributed by atoms with Gasteiger partial charge in [-0.05, 0) is 45.0 Å². The van der Waals surface area contributed by atoms with E-state index in [1.54, 1.807) is 4.57 Å². The second-order valence-electron chi connectivity index (χ2n) is 6.52. The number of nitrogens with zero attached hydrogens (tertiary/aromatic N) is 2. The number of benzene rings is 1. The van der Waals surface area contributed by atoms with E-state index in [1.807, 2.05) is 44.6 Å². The number of carbonyl (C=O) groups excluding carboxylic acids is 1. The topological polar surface area (TPSA) is 113 Å². The first-order valence-corrected chi connectivity index (χ1v) is 8.51. The van der Waals surface area contributed by atoms with E-state index < -0.39 is 6.04 Å². The van der Waals surface area contributed by atoms with Crippen LogP contribution in [0.2, 0.25) is 0 Å². The van der Waals surface area contributed by atoms with E-state index >= 15 is 0 Å². The molecule has 0 fully saturated rings. The summed E-state index contributed by atoms with van der Waals surface area (Å²) in [6, 6.07) is 7.35. The monoisotopic (exact) mass is 344 g/mol. The quantitative estimate of drug-likeness (QED) is 0.324. The van der Waals surface area contributed by atoms with Gasteiger partial charge in [-0.15, -0.1) is 0 Å². The standard InChI is InChI=1S/C18H28N6O/c1-23(2)11-9-13-12-24(16-8-4-3-6-14(13)16)17(25)15(19)7-5-10-22-18(20)21/h3-4,6,8,12,15H,5,7,9-11,19H2,1-2H3,(H4,20,21,22). The Hall–Kier alpha value is -2.38. The lowest BCUT2D eigenvalue weighted by atomic mass is 10.1. The molecule has 2 aromatic rings. The largest absolute Gasteiger partial charge is 0.370 e. The van der Waals surface area contributed by atoms with Gasteiger partial charge in [0.25, 0.3) is 0 Å². The van der Waals surface area contributed by atoms with Gasteiger partial charge in [0.1, 0.15) is 0 Å². The lowest BCUT2D eigenvalue weighted by molar-refractivity contribution is 0.0879. The second kappa shape index (κ2) is 8.64. The van der Waals surface area contributed by atoms with Crippen molar-refractivity contribution in [1.82, 2.24) is 14.8 Å². The van der Waals surface area contributed by atoms with Gasteiger partial charge in [-0.3, -0.25) is 14.8 Å². The molecule has 2 rings (SSSR count). The van der Waals surface area contributed by atoms with Crippen LogP contribution >= 0.6 is 0 Å². The van der Waals surface area contributed by atoms with Crippen molar-refractivity contribution in [3.8, 4) is 0 Å².